The van der Waals surface area contributed by atoms with Crippen molar-refractivity contribution in [2.75, 3.05) is 46.2 Å². The second-order valence-corrected chi connectivity index (χ2v) is 8.59. The zero-order valence-corrected chi connectivity index (χ0v) is 18.2. The molecule has 2 N–H and O–H groups in total. The van der Waals surface area contributed by atoms with Gasteiger partial charge in [-0.05, 0) is 23.3 Å². The second kappa shape index (κ2) is 9.58. The Hall–Kier alpha value is -2.77. The zero-order valence-electron chi connectivity index (χ0n) is 18.2. The Kier molecular flexibility index (Phi) is 6.63. The quantitative estimate of drug-likeness (QED) is 0.713. The number of benzene rings is 2. The molecule has 0 saturated carbocycles. The Bertz CT molecular complexity index is 882. The van der Waals surface area contributed by atoms with Crippen LogP contribution < -0.4 is 20.1 Å². The van der Waals surface area contributed by atoms with Gasteiger partial charge in [-0.25, -0.2) is 4.79 Å². The van der Waals surface area contributed by atoms with Gasteiger partial charge in [0, 0.05) is 31.6 Å². The molecule has 4 rings (SSSR count). The maximum absolute atomic E-state index is 12.6. The van der Waals surface area contributed by atoms with Gasteiger partial charge in [-0.2, -0.15) is 0 Å². The molecule has 2 aliphatic heterocycles. The van der Waals surface area contributed by atoms with E-state index in [2.05, 4.69) is 41.5 Å². The third-order valence-corrected chi connectivity index (χ3v) is 5.97. The number of urea groups is 1. The maximum atomic E-state index is 12.6. The lowest BCUT2D eigenvalue weighted by molar-refractivity contribution is 0.0167. The van der Waals surface area contributed by atoms with E-state index in [-0.39, 0.29) is 24.3 Å². The molecule has 0 spiro atoms. The Morgan fingerprint density at radius 3 is 2.55 bits per heavy atom. The van der Waals surface area contributed by atoms with Gasteiger partial charge in [0.05, 0.1) is 19.3 Å². The van der Waals surface area contributed by atoms with Gasteiger partial charge in [-0.15, -0.1) is 0 Å². The van der Waals surface area contributed by atoms with Crippen molar-refractivity contribution in [1.82, 2.24) is 15.5 Å². The lowest BCUT2D eigenvalue weighted by Gasteiger charge is -2.35. The van der Waals surface area contributed by atoms with Crippen LogP contribution in [0.15, 0.2) is 48.5 Å². The average Bonchev–Trinajstić information content (AvgIpc) is 3.27. The standard InChI is InChI=1S/C24H31N3O4/c1-24(2,19-8-9-21-22(14-19)31-17-30-21)16-26-23(28)25-15-20(18-6-4-3-5-7-18)27-10-12-29-13-11-27/h3-9,14,20H,10-13,15-17H2,1-2H3,(H2,25,26,28). The lowest BCUT2D eigenvalue weighted by Crippen LogP contribution is -2.47. The molecule has 7 nitrogen and oxygen atoms in total. The van der Waals surface area contributed by atoms with Crippen molar-refractivity contribution in [3.05, 3.63) is 59.7 Å². The number of rotatable bonds is 7. The molecular weight excluding hydrogens is 394 g/mol. The van der Waals surface area contributed by atoms with Crippen LogP contribution >= 0.6 is 0 Å². The van der Waals surface area contributed by atoms with Crippen molar-refractivity contribution in [2.24, 2.45) is 0 Å². The predicted octanol–water partition coefficient (Wildman–Crippen LogP) is 3.07. The minimum Gasteiger partial charge on any atom is -0.454 e. The normalized spacial score (nSPS) is 17.2. The highest BCUT2D eigenvalue weighted by molar-refractivity contribution is 5.74. The number of amides is 2. The Morgan fingerprint density at radius 1 is 1.03 bits per heavy atom. The summed E-state index contributed by atoms with van der Waals surface area (Å²) in [6.07, 6.45) is 0. The van der Waals surface area contributed by atoms with Crippen LogP contribution in [-0.2, 0) is 10.2 Å². The van der Waals surface area contributed by atoms with Gasteiger partial charge in [0.15, 0.2) is 11.5 Å². The number of nitrogens with zero attached hydrogens (tertiary/aromatic N) is 1. The number of fused-ring (bicyclic) bond motifs is 1. The van der Waals surface area contributed by atoms with Crippen molar-refractivity contribution in [2.45, 2.75) is 25.3 Å². The van der Waals surface area contributed by atoms with Crippen molar-refractivity contribution < 1.29 is 19.0 Å². The summed E-state index contributed by atoms with van der Waals surface area (Å²) < 4.78 is 16.4. The van der Waals surface area contributed by atoms with Crippen molar-refractivity contribution >= 4 is 6.03 Å². The first-order valence-electron chi connectivity index (χ1n) is 10.8. The molecule has 2 aromatic carbocycles. The van der Waals surface area contributed by atoms with Crippen LogP contribution in [-0.4, -0.2) is 57.1 Å². The van der Waals surface area contributed by atoms with Gasteiger partial charge >= 0.3 is 6.03 Å². The lowest BCUT2D eigenvalue weighted by atomic mass is 9.84. The molecule has 0 bridgehead atoms. The van der Waals surface area contributed by atoms with Gasteiger partial charge in [0.1, 0.15) is 0 Å². The van der Waals surface area contributed by atoms with Gasteiger partial charge in [0.2, 0.25) is 6.79 Å². The van der Waals surface area contributed by atoms with Crippen LogP contribution in [0.3, 0.4) is 0 Å². The molecule has 7 heteroatoms. The van der Waals surface area contributed by atoms with Gasteiger partial charge in [-0.1, -0.05) is 50.2 Å². The van der Waals surface area contributed by atoms with Crippen LogP contribution in [0.4, 0.5) is 4.79 Å². The first-order chi connectivity index (χ1) is 15.0. The third kappa shape index (κ3) is 5.29. The Labute approximate surface area is 183 Å². The molecule has 1 saturated heterocycles. The summed E-state index contributed by atoms with van der Waals surface area (Å²) in [5.74, 6) is 1.52. The first-order valence-corrected chi connectivity index (χ1v) is 10.8. The summed E-state index contributed by atoms with van der Waals surface area (Å²) in [7, 11) is 0. The fourth-order valence-electron chi connectivity index (χ4n) is 3.99. The minimum atomic E-state index is -0.249. The molecule has 31 heavy (non-hydrogen) atoms. The van der Waals surface area contributed by atoms with Gasteiger partial charge in [0.25, 0.3) is 0 Å². The fraction of sp³-hybridized carbons (Fsp3) is 0.458. The number of nitrogens with one attached hydrogen (secondary N) is 2. The number of morpholine rings is 1. The summed E-state index contributed by atoms with van der Waals surface area (Å²) >= 11 is 0. The van der Waals surface area contributed by atoms with Crippen molar-refractivity contribution in [3.8, 4) is 11.5 Å². The van der Waals surface area contributed by atoms with Crippen molar-refractivity contribution in [3.63, 3.8) is 0 Å². The van der Waals surface area contributed by atoms with E-state index < -0.39 is 0 Å². The highest BCUT2D eigenvalue weighted by Crippen LogP contribution is 2.36. The third-order valence-electron chi connectivity index (χ3n) is 5.97. The summed E-state index contributed by atoms with van der Waals surface area (Å²) in [4.78, 5) is 15.0. The summed E-state index contributed by atoms with van der Waals surface area (Å²) in [6, 6.07) is 16.2. The van der Waals surface area contributed by atoms with Crippen LogP contribution in [0.2, 0.25) is 0 Å². The van der Waals surface area contributed by atoms with E-state index in [9.17, 15) is 4.79 Å². The van der Waals surface area contributed by atoms with E-state index in [1.54, 1.807) is 0 Å². The molecule has 2 amide bonds. The maximum Gasteiger partial charge on any atom is 0.314 e. The molecule has 0 aliphatic carbocycles. The Balaban J connectivity index is 1.33. The largest absolute Gasteiger partial charge is 0.454 e. The van der Waals surface area contributed by atoms with Crippen LogP contribution in [0.5, 0.6) is 11.5 Å². The number of carbonyl (C=O) groups is 1. The van der Waals surface area contributed by atoms with E-state index in [1.807, 2.05) is 36.4 Å². The molecule has 166 valence electrons. The molecule has 2 heterocycles. The first kappa shape index (κ1) is 21.5. The number of hydrogen-bond donors (Lipinski definition) is 2. The second-order valence-electron chi connectivity index (χ2n) is 8.59. The Morgan fingerprint density at radius 2 is 1.77 bits per heavy atom. The number of carbonyl (C=O) groups excluding carboxylic acids is 1. The zero-order chi connectivity index (χ0) is 21.7. The van der Waals surface area contributed by atoms with Gasteiger partial charge in [-0.3, -0.25) is 4.90 Å². The van der Waals surface area contributed by atoms with Gasteiger partial charge < -0.3 is 24.8 Å². The summed E-state index contributed by atoms with van der Waals surface area (Å²) in [5.41, 5.74) is 2.04. The monoisotopic (exact) mass is 425 g/mol. The van der Waals surface area contributed by atoms with E-state index >= 15 is 0 Å². The van der Waals surface area contributed by atoms with E-state index in [0.717, 1.165) is 43.4 Å². The summed E-state index contributed by atoms with van der Waals surface area (Å²) in [6.45, 7) is 8.67. The molecule has 2 aromatic rings. The average molecular weight is 426 g/mol. The smallest absolute Gasteiger partial charge is 0.314 e. The van der Waals surface area contributed by atoms with E-state index in [4.69, 9.17) is 14.2 Å². The van der Waals surface area contributed by atoms with Crippen LogP contribution in [0, 0.1) is 0 Å². The van der Waals surface area contributed by atoms with E-state index in [1.165, 1.54) is 5.56 Å². The topological polar surface area (TPSA) is 72.1 Å². The van der Waals surface area contributed by atoms with Crippen molar-refractivity contribution in [1.29, 1.82) is 0 Å². The van der Waals surface area contributed by atoms with Crippen LogP contribution in [0.1, 0.15) is 31.0 Å². The molecular formula is C24H31N3O4. The highest BCUT2D eigenvalue weighted by atomic mass is 16.7. The fourth-order valence-corrected chi connectivity index (χ4v) is 3.99. The molecule has 1 unspecified atom stereocenters. The summed E-state index contributed by atoms with van der Waals surface area (Å²) in [5, 5.41) is 6.10. The predicted molar refractivity (Wildman–Crippen MR) is 119 cm³/mol. The molecule has 2 aliphatic rings. The molecule has 1 atom stereocenters. The highest BCUT2D eigenvalue weighted by Gasteiger charge is 2.26. The van der Waals surface area contributed by atoms with E-state index in [0.29, 0.717) is 13.1 Å². The van der Waals surface area contributed by atoms with Crippen LogP contribution in [0.25, 0.3) is 0 Å². The molecule has 0 aromatic heterocycles. The molecule has 1 fully saturated rings. The number of ether oxygens (including phenoxy) is 3. The minimum absolute atomic E-state index is 0.123. The SMILES string of the molecule is CC(C)(CNC(=O)NCC(c1ccccc1)N1CCOCC1)c1ccc2c(c1)OCO2. The number of hydrogen-bond acceptors (Lipinski definition) is 5. The molecule has 0 radical (unpaired) electrons.